The van der Waals surface area contributed by atoms with Crippen LogP contribution in [0.4, 0.5) is 5.69 Å². The molecular formula is C25H25N3O. The highest BCUT2D eigenvalue weighted by molar-refractivity contribution is 6.13. The van der Waals surface area contributed by atoms with Gasteiger partial charge in [-0.3, -0.25) is 4.79 Å². The second-order valence-corrected chi connectivity index (χ2v) is 8.08. The van der Waals surface area contributed by atoms with Crippen molar-refractivity contribution in [3.8, 4) is 0 Å². The van der Waals surface area contributed by atoms with E-state index in [2.05, 4.69) is 23.3 Å². The number of aromatic amines is 1. The maximum absolute atomic E-state index is 13.0. The van der Waals surface area contributed by atoms with E-state index in [4.69, 9.17) is 5.73 Å². The first-order chi connectivity index (χ1) is 14.1. The number of carbonyl (C=O) groups excluding carboxylic acids is 1. The Labute approximate surface area is 170 Å². The van der Waals surface area contributed by atoms with Gasteiger partial charge in [0.1, 0.15) is 0 Å². The fraction of sp³-hybridized carbons (Fsp3) is 0.240. The van der Waals surface area contributed by atoms with Crippen LogP contribution in [0, 0.1) is 5.92 Å². The fourth-order valence-electron chi connectivity index (χ4n) is 4.66. The second-order valence-electron chi connectivity index (χ2n) is 8.08. The summed E-state index contributed by atoms with van der Waals surface area (Å²) in [5, 5.41) is 6.29. The lowest BCUT2D eigenvalue weighted by molar-refractivity contribution is 0.102. The van der Waals surface area contributed by atoms with Crippen molar-refractivity contribution in [2.45, 2.75) is 32.2 Å². The predicted octanol–water partition coefficient (Wildman–Crippen LogP) is 5.55. The van der Waals surface area contributed by atoms with Gasteiger partial charge < -0.3 is 16.0 Å². The normalized spacial score (nSPS) is 18.7. The minimum Gasteiger partial charge on any atom is -0.357 e. The van der Waals surface area contributed by atoms with Crippen molar-refractivity contribution >= 4 is 33.3 Å². The molecule has 0 bridgehead atoms. The van der Waals surface area contributed by atoms with Gasteiger partial charge >= 0.3 is 0 Å². The van der Waals surface area contributed by atoms with Gasteiger partial charge in [0.25, 0.3) is 5.91 Å². The van der Waals surface area contributed by atoms with Crippen LogP contribution in [0.5, 0.6) is 0 Å². The quantitative estimate of drug-likeness (QED) is 0.434. The summed E-state index contributed by atoms with van der Waals surface area (Å²) in [5.74, 6) is 0.527. The molecule has 0 aliphatic heterocycles. The molecule has 0 fully saturated rings. The number of hydrogen-bond acceptors (Lipinski definition) is 2. The predicted molar refractivity (Wildman–Crippen MR) is 119 cm³/mol. The van der Waals surface area contributed by atoms with Gasteiger partial charge in [0, 0.05) is 33.9 Å². The second kappa shape index (κ2) is 7.05. The van der Waals surface area contributed by atoms with Crippen molar-refractivity contribution in [2.75, 3.05) is 5.32 Å². The summed E-state index contributed by atoms with van der Waals surface area (Å²) < 4.78 is 0. The topological polar surface area (TPSA) is 70.9 Å². The smallest absolute Gasteiger partial charge is 0.256 e. The molecule has 2 atom stereocenters. The average Bonchev–Trinajstić information content (AvgIpc) is 3.12. The van der Waals surface area contributed by atoms with Gasteiger partial charge in [0.05, 0.1) is 0 Å². The van der Waals surface area contributed by atoms with Gasteiger partial charge in [-0.15, -0.1) is 0 Å². The van der Waals surface area contributed by atoms with Gasteiger partial charge in [-0.2, -0.15) is 0 Å². The number of H-pyrrole nitrogens is 1. The number of benzene rings is 3. The van der Waals surface area contributed by atoms with E-state index < -0.39 is 0 Å². The molecule has 4 N–H and O–H groups in total. The molecule has 0 radical (unpaired) electrons. The van der Waals surface area contributed by atoms with Crippen molar-refractivity contribution in [1.29, 1.82) is 0 Å². The molecule has 29 heavy (non-hydrogen) atoms. The van der Waals surface area contributed by atoms with Gasteiger partial charge in [-0.05, 0) is 59.4 Å². The average molecular weight is 383 g/mol. The lowest BCUT2D eigenvalue weighted by Crippen LogP contribution is -2.23. The highest BCUT2D eigenvalue weighted by Gasteiger charge is 2.27. The SMILES string of the molecule is CCC1Cc2c([nH]c3ccc(NC(=O)c4cccc5ccccc45)cc23)C(N)C1. The van der Waals surface area contributed by atoms with Crippen molar-refractivity contribution < 1.29 is 4.79 Å². The summed E-state index contributed by atoms with van der Waals surface area (Å²) in [6.45, 7) is 2.23. The molecule has 5 rings (SSSR count). The van der Waals surface area contributed by atoms with Gasteiger partial charge in [0.15, 0.2) is 0 Å². The Morgan fingerprint density at radius 2 is 1.93 bits per heavy atom. The van der Waals surface area contributed by atoms with E-state index in [0.717, 1.165) is 46.9 Å². The summed E-state index contributed by atoms with van der Waals surface area (Å²) in [6.07, 6.45) is 3.21. The van der Waals surface area contributed by atoms with Crippen LogP contribution in [0.2, 0.25) is 0 Å². The van der Waals surface area contributed by atoms with Crippen molar-refractivity contribution in [3.05, 3.63) is 77.5 Å². The van der Waals surface area contributed by atoms with Crippen LogP contribution in [-0.2, 0) is 6.42 Å². The van der Waals surface area contributed by atoms with Crippen molar-refractivity contribution in [2.24, 2.45) is 11.7 Å². The molecule has 4 aromatic rings. The molecule has 4 heteroatoms. The third kappa shape index (κ3) is 3.10. The number of hydrogen-bond donors (Lipinski definition) is 3. The molecule has 0 saturated carbocycles. The first-order valence-corrected chi connectivity index (χ1v) is 10.3. The first kappa shape index (κ1) is 18.0. The van der Waals surface area contributed by atoms with Gasteiger partial charge in [-0.1, -0.05) is 49.7 Å². The zero-order chi connectivity index (χ0) is 20.0. The van der Waals surface area contributed by atoms with E-state index in [0.29, 0.717) is 11.5 Å². The van der Waals surface area contributed by atoms with Crippen molar-refractivity contribution in [1.82, 2.24) is 4.98 Å². The van der Waals surface area contributed by atoms with Gasteiger partial charge in [-0.25, -0.2) is 0 Å². The zero-order valence-corrected chi connectivity index (χ0v) is 16.5. The molecule has 4 nitrogen and oxygen atoms in total. The minimum atomic E-state index is -0.0892. The number of nitrogens with one attached hydrogen (secondary N) is 2. The minimum absolute atomic E-state index is 0.0600. The maximum atomic E-state index is 13.0. The number of amides is 1. The van der Waals surface area contributed by atoms with E-state index in [1.54, 1.807) is 0 Å². The zero-order valence-electron chi connectivity index (χ0n) is 16.5. The summed E-state index contributed by atoms with van der Waals surface area (Å²) in [7, 11) is 0. The Morgan fingerprint density at radius 3 is 2.79 bits per heavy atom. The number of rotatable bonds is 3. The molecule has 1 amide bonds. The fourth-order valence-corrected chi connectivity index (χ4v) is 4.66. The molecule has 146 valence electrons. The van der Waals surface area contributed by atoms with E-state index in [1.807, 2.05) is 54.6 Å². The number of carbonyl (C=O) groups is 1. The van der Waals surface area contributed by atoms with E-state index in [1.165, 1.54) is 10.9 Å². The molecule has 1 heterocycles. The lowest BCUT2D eigenvalue weighted by Gasteiger charge is -2.26. The number of nitrogens with two attached hydrogens (primary N) is 1. The summed E-state index contributed by atoms with van der Waals surface area (Å²) >= 11 is 0. The Kier molecular flexibility index (Phi) is 4.36. The molecular weight excluding hydrogens is 358 g/mol. The van der Waals surface area contributed by atoms with Crippen LogP contribution in [0.15, 0.2) is 60.7 Å². The van der Waals surface area contributed by atoms with Crippen LogP contribution in [-0.4, -0.2) is 10.9 Å². The lowest BCUT2D eigenvalue weighted by atomic mass is 9.82. The van der Waals surface area contributed by atoms with Gasteiger partial charge in [0.2, 0.25) is 0 Å². The monoisotopic (exact) mass is 383 g/mol. The van der Waals surface area contributed by atoms with E-state index >= 15 is 0 Å². The summed E-state index contributed by atoms with van der Waals surface area (Å²) in [5.41, 5.74) is 11.5. The Bertz CT molecular complexity index is 1220. The Balaban J connectivity index is 1.50. The number of anilines is 1. The highest BCUT2D eigenvalue weighted by atomic mass is 16.1. The molecule has 3 aromatic carbocycles. The Morgan fingerprint density at radius 1 is 1.10 bits per heavy atom. The third-order valence-corrected chi connectivity index (χ3v) is 6.26. The Hall–Kier alpha value is -3.11. The van der Waals surface area contributed by atoms with E-state index in [-0.39, 0.29) is 11.9 Å². The highest BCUT2D eigenvalue weighted by Crippen LogP contribution is 2.38. The summed E-state index contributed by atoms with van der Waals surface area (Å²) in [4.78, 5) is 16.5. The molecule has 0 saturated heterocycles. The molecule has 1 aliphatic rings. The van der Waals surface area contributed by atoms with Crippen LogP contribution in [0.1, 0.15) is 47.4 Å². The summed E-state index contributed by atoms with van der Waals surface area (Å²) in [6, 6.07) is 19.9. The van der Waals surface area contributed by atoms with Crippen LogP contribution in [0.25, 0.3) is 21.7 Å². The first-order valence-electron chi connectivity index (χ1n) is 10.3. The van der Waals surface area contributed by atoms with Crippen LogP contribution < -0.4 is 11.1 Å². The maximum Gasteiger partial charge on any atom is 0.256 e. The van der Waals surface area contributed by atoms with Crippen molar-refractivity contribution in [3.63, 3.8) is 0 Å². The largest absolute Gasteiger partial charge is 0.357 e. The number of aromatic nitrogens is 1. The van der Waals surface area contributed by atoms with Crippen LogP contribution in [0.3, 0.4) is 0 Å². The van der Waals surface area contributed by atoms with Crippen LogP contribution >= 0.6 is 0 Å². The molecule has 1 aromatic heterocycles. The van der Waals surface area contributed by atoms with E-state index in [9.17, 15) is 4.79 Å². The molecule has 0 spiro atoms. The molecule has 2 unspecified atom stereocenters. The molecule has 1 aliphatic carbocycles. The standard InChI is InChI=1S/C25H25N3O/c1-2-15-12-21-20-14-17(10-11-23(20)28-24(21)22(26)13-15)27-25(29)19-9-5-7-16-6-3-4-8-18(16)19/h3-11,14-15,22,28H,2,12-13,26H2,1H3,(H,27,29). The number of fused-ring (bicyclic) bond motifs is 4. The third-order valence-electron chi connectivity index (χ3n) is 6.26.